The van der Waals surface area contributed by atoms with Gasteiger partial charge in [0, 0.05) is 17.1 Å². The second-order valence-electron chi connectivity index (χ2n) is 8.94. The third-order valence-electron chi connectivity index (χ3n) is 6.93. The molecule has 0 aliphatic heterocycles. The lowest BCUT2D eigenvalue weighted by molar-refractivity contribution is 0.0649. The van der Waals surface area contributed by atoms with Crippen LogP contribution in [0.2, 0.25) is 5.02 Å². The first-order valence-corrected chi connectivity index (χ1v) is 11.8. The third-order valence-corrected chi connectivity index (χ3v) is 7.17. The van der Waals surface area contributed by atoms with Gasteiger partial charge >= 0.3 is 0 Å². The van der Waals surface area contributed by atoms with Gasteiger partial charge in [-0.05, 0) is 56.0 Å². The summed E-state index contributed by atoms with van der Waals surface area (Å²) in [4.78, 5) is 20.0. The summed E-state index contributed by atoms with van der Waals surface area (Å²) in [6.45, 7) is 0.266. The van der Waals surface area contributed by atoms with Gasteiger partial charge < -0.3 is 9.47 Å². The Hall–Kier alpha value is -2.47. The summed E-state index contributed by atoms with van der Waals surface area (Å²) in [6, 6.07) is 9.74. The highest BCUT2D eigenvalue weighted by atomic mass is 35.5. The van der Waals surface area contributed by atoms with Crippen LogP contribution < -0.4 is 0 Å². The Bertz CT molecular complexity index is 1150. The van der Waals surface area contributed by atoms with Gasteiger partial charge in [-0.3, -0.25) is 4.79 Å². The van der Waals surface area contributed by atoms with Crippen molar-refractivity contribution in [3.63, 3.8) is 0 Å². The van der Waals surface area contributed by atoms with E-state index in [0.717, 1.165) is 74.3 Å². The Morgan fingerprint density at radius 1 is 1.06 bits per heavy atom. The van der Waals surface area contributed by atoms with Crippen molar-refractivity contribution < 1.29 is 13.6 Å². The molecule has 2 aliphatic carbocycles. The highest BCUT2D eigenvalue weighted by Gasteiger charge is 2.32. The van der Waals surface area contributed by atoms with E-state index in [-0.39, 0.29) is 18.2 Å². The molecule has 0 unspecified atom stereocenters. The van der Waals surface area contributed by atoms with Gasteiger partial charge in [0.25, 0.3) is 5.91 Å². The van der Waals surface area contributed by atoms with Crippen LogP contribution in [0.3, 0.4) is 0 Å². The van der Waals surface area contributed by atoms with Crippen LogP contribution in [-0.2, 0) is 6.54 Å². The highest BCUT2D eigenvalue weighted by Crippen LogP contribution is 2.36. The van der Waals surface area contributed by atoms with Gasteiger partial charge in [-0.25, -0.2) is 13.8 Å². The molecule has 0 spiro atoms. The number of nitrogens with zero attached hydrogens (tertiary/aromatic N) is 3. The molecule has 0 N–H and O–H groups in total. The molecule has 4 nitrogen and oxygen atoms in total. The largest absolute Gasteiger partial charge is 0.328 e. The minimum atomic E-state index is -1.09. The summed E-state index contributed by atoms with van der Waals surface area (Å²) >= 11 is 6.30. The van der Waals surface area contributed by atoms with Crippen molar-refractivity contribution in [2.45, 2.75) is 70.0 Å². The van der Waals surface area contributed by atoms with Crippen LogP contribution in [0.15, 0.2) is 36.4 Å². The highest BCUT2D eigenvalue weighted by molar-refractivity contribution is 6.31. The number of aromatic nitrogens is 2. The number of hydrogen-bond acceptors (Lipinski definition) is 2. The fourth-order valence-electron chi connectivity index (χ4n) is 5.36. The first-order chi connectivity index (χ1) is 15.5. The standard InChI is InChI=1S/C25H26ClF2N3O/c26-16-12-13-21-22(14-16)31(18-8-3-4-9-18)23(29-21)15-30(17-6-1-2-7-17)25(32)19-10-5-11-20(27)24(19)28/h5,10-14,17-18H,1-4,6-9,15H2. The summed E-state index contributed by atoms with van der Waals surface area (Å²) in [5.74, 6) is -1.78. The van der Waals surface area contributed by atoms with Crippen LogP contribution in [0.5, 0.6) is 0 Å². The van der Waals surface area contributed by atoms with E-state index in [1.165, 1.54) is 12.1 Å². The maximum Gasteiger partial charge on any atom is 0.257 e. The molecule has 168 valence electrons. The van der Waals surface area contributed by atoms with Crippen molar-refractivity contribution in [1.82, 2.24) is 14.5 Å². The van der Waals surface area contributed by atoms with Gasteiger partial charge in [-0.15, -0.1) is 0 Å². The lowest BCUT2D eigenvalue weighted by Crippen LogP contribution is -2.39. The molecule has 32 heavy (non-hydrogen) atoms. The molecule has 0 saturated heterocycles. The normalized spacial score (nSPS) is 17.5. The van der Waals surface area contributed by atoms with Crippen LogP contribution in [-0.4, -0.2) is 26.4 Å². The maximum atomic E-state index is 14.5. The number of fused-ring (bicyclic) bond motifs is 1. The van der Waals surface area contributed by atoms with E-state index >= 15 is 0 Å². The second kappa shape index (κ2) is 8.81. The lowest BCUT2D eigenvalue weighted by atomic mass is 10.1. The molecule has 1 amide bonds. The molecule has 0 bridgehead atoms. The zero-order valence-corrected chi connectivity index (χ0v) is 18.6. The Morgan fingerprint density at radius 2 is 1.78 bits per heavy atom. The van der Waals surface area contributed by atoms with Crippen molar-refractivity contribution in [3.05, 3.63) is 64.4 Å². The Kier molecular flexibility index (Phi) is 5.89. The molecular formula is C25H26ClF2N3O. The van der Waals surface area contributed by atoms with Gasteiger partial charge in [0.05, 0.1) is 23.1 Å². The number of amides is 1. The molecule has 2 aliphatic rings. The van der Waals surface area contributed by atoms with E-state index in [2.05, 4.69) is 4.57 Å². The predicted molar refractivity (Wildman–Crippen MR) is 121 cm³/mol. The maximum absolute atomic E-state index is 14.5. The molecule has 5 rings (SSSR count). The molecule has 2 aromatic carbocycles. The first-order valence-electron chi connectivity index (χ1n) is 11.4. The zero-order valence-electron chi connectivity index (χ0n) is 17.9. The number of carbonyl (C=O) groups is 1. The van der Waals surface area contributed by atoms with Crippen molar-refractivity contribution in [3.8, 4) is 0 Å². The van der Waals surface area contributed by atoms with Crippen molar-refractivity contribution in [2.75, 3.05) is 0 Å². The van der Waals surface area contributed by atoms with Crippen LogP contribution in [0, 0.1) is 11.6 Å². The van der Waals surface area contributed by atoms with E-state index < -0.39 is 17.5 Å². The molecule has 7 heteroatoms. The average molecular weight is 458 g/mol. The van der Waals surface area contributed by atoms with Crippen molar-refractivity contribution >= 4 is 28.5 Å². The molecule has 0 atom stereocenters. The number of rotatable bonds is 5. The number of carbonyl (C=O) groups excluding carboxylic acids is 1. The quantitative estimate of drug-likeness (QED) is 0.429. The summed E-state index contributed by atoms with van der Waals surface area (Å²) in [7, 11) is 0. The van der Waals surface area contributed by atoms with E-state index in [1.54, 1.807) is 4.90 Å². The first kappa shape index (κ1) is 21.4. The summed E-state index contributed by atoms with van der Waals surface area (Å²) in [5.41, 5.74) is 1.59. The number of benzene rings is 2. The minimum absolute atomic E-state index is 0.00871. The van der Waals surface area contributed by atoms with Crippen LogP contribution in [0.1, 0.15) is 73.6 Å². The van der Waals surface area contributed by atoms with Gasteiger partial charge in [0.1, 0.15) is 5.82 Å². The van der Waals surface area contributed by atoms with E-state index in [1.807, 2.05) is 18.2 Å². The Labute approximate surface area is 191 Å². The van der Waals surface area contributed by atoms with Gasteiger partial charge in [0.2, 0.25) is 0 Å². The molecule has 3 aromatic rings. The summed E-state index contributed by atoms with van der Waals surface area (Å²) in [5, 5.41) is 0.647. The van der Waals surface area contributed by atoms with E-state index in [9.17, 15) is 13.6 Å². The van der Waals surface area contributed by atoms with Gasteiger partial charge in [0.15, 0.2) is 11.6 Å². The predicted octanol–water partition coefficient (Wildman–Crippen LogP) is 6.67. The smallest absolute Gasteiger partial charge is 0.257 e. The number of halogens is 3. The molecule has 0 radical (unpaired) electrons. The summed E-state index contributed by atoms with van der Waals surface area (Å²) < 4.78 is 30.6. The van der Waals surface area contributed by atoms with Crippen LogP contribution in [0.25, 0.3) is 11.0 Å². The van der Waals surface area contributed by atoms with Crippen molar-refractivity contribution in [2.24, 2.45) is 0 Å². The zero-order chi connectivity index (χ0) is 22.2. The summed E-state index contributed by atoms with van der Waals surface area (Å²) in [6.07, 6.45) is 8.19. The second-order valence-corrected chi connectivity index (χ2v) is 9.38. The average Bonchev–Trinajstić information content (AvgIpc) is 3.54. The fraction of sp³-hybridized carbons (Fsp3) is 0.440. The van der Waals surface area contributed by atoms with E-state index in [0.29, 0.717) is 11.1 Å². The minimum Gasteiger partial charge on any atom is -0.328 e. The third kappa shape index (κ3) is 3.90. The molecule has 2 saturated carbocycles. The van der Waals surface area contributed by atoms with Crippen LogP contribution >= 0.6 is 11.6 Å². The SMILES string of the molecule is O=C(c1cccc(F)c1F)N(Cc1nc2ccc(Cl)cc2n1C1CCCC1)C1CCCC1. The molecule has 1 aromatic heterocycles. The van der Waals surface area contributed by atoms with Gasteiger partial charge in [-0.1, -0.05) is 43.4 Å². The van der Waals surface area contributed by atoms with Gasteiger partial charge in [-0.2, -0.15) is 0 Å². The monoisotopic (exact) mass is 457 g/mol. The van der Waals surface area contributed by atoms with Crippen LogP contribution in [0.4, 0.5) is 8.78 Å². The number of hydrogen-bond donors (Lipinski definition) is 0. The topological polar surface area (TPSA) is 38.1 Å². The Morgan fingerprint density at radius 3 is 2.53 bits per heavy atom. The molecule has 1 heterocycles. The van der Waals surface area contributed by atoms with Crippen molar-refractivity contribution in [1.29, 1.82) is 0 Å². The van der Waals surface area contributed by atoms with E-state index in [4.69, 9.17) is 16.6 Å². The Balaban J connectivity index is 1.57. The lowest BCUT2D eigenvalue weighted by Gasteiger charge is -2.30. The molecule has 2 fully saturated rings. The molecular weight excluding hydrogens is 432 g/mol. The fourth-order valence-corrected chi connectivity index (χ4v) is 5.52. The number of imidazole rings is 1.